The van der Waals surface area contributed by atoms with Crippen LogP contribution in [0.2, 0.25) is 0 Å². The third kappa shape index (κ3) is 5.64. The molecule has 2 N–H and O–H groups in total. The van der Waals surface area contributed by atoms with Crippen molar-refractivity contribution in [1.29, 1.82) is 0 Å². The van der Waals surface area contributed by atoms with Gasteiger partial charge in [-0.2, -0.15) is 0 Å². The van der Waals surface area contributed by atoms with Crippen molar-refractivity contribution in [2.24, 2.45) is 5.92 Å². The van der Waals surface area contributed by atoms with Crippen LogP contribution in [-0.4, -0.2) is 47.0 Å². The van der Waals surface area contributed by atoms with E-state index in [4.69, 9.17) is 0 Å². The number of hydrogen-bond donors (Lipinski definition) is 2. The zero-order valence-corrected chi connectivity index (χ0v) is 10.5. The van der Waals surface area contributed by atoms with Gasteiger partial charge >= 0.3 is 0 Å². The molecule has 94 valence electrons. The highest BCUT2D eigenvalue weighted by Gasteiger charge is 2.17. The van der Waals surface area contributed by atoms with Gasteiger partial charge in [0.2, 0.25) is 0 Å². The van der Waals surface area contributed by atoms with E-state index < -0.39 is 0 Å². The second kappa shape index (κ2) is 7.05. The largest absolute Gasteiger partial charge is 0.392 e. The van der Waals surface area contributed by atoms with Gasteiger partial charge in [-0.25, -0.2) is 0 Å². The first-order valence-electron chi connectivity index (χ1n) is 6.31. The molecule has 1 aliphatic carbocycles. The van der Waals surface area contributed by atoms with Crippen LogP contribution in [0.3, 0.4) is 0 Å². The Morgan fingerprint density at radius 2 is 1.81 bits per heavy atom. The smallest absolute Gasteiger partial charge is 0.0639 e. The van der Waals surface area contributed by atoms with E-state index >= 15 is 0 Å². The van der Waals surface area contributed by atoms with Crippen LogP contribution in [0.4, 0.5) is 0 Å². The Kier molecular flexibility index (Phi) is 6.03. The summed E-state index contributed by atoms with van der Waals surface area (Å²) in [4.78, 5) is 2.18. The molecule has 0 aromatic carbocycles. The van der Waals surface area contributed by atoms with Crippen molar-refractivity contribution in [1.82, 2.24) is 4.90 Å². The van der Waals surface area contributed by atoms with Crippen molar-refractivity contribution >= 4 is 0 Å². The minimum atomic E-state index is -0.321. The molecule has 3 heteroatoms. The highest BCUT2D eigenvalue weighted by molar-refractivity contribution is 4.91. The zero-order valence-electron chi connectivity index (χ0n) is 10.5. The Bertz CT molecular complexity index is 204. The predicted octanol–water partition coefficient (Wildman–Crippen LogP) is 1.41. The molecule has 3 atom stereocenters. The Morgan fingerprint density at radius 3 is 2.25 bits per heavy atom. The molecule has 0 heterocycles. The average Bonchev–Trinajstić information content (AvgIpc) is 2.16. The molecule has 0 fully saturated rings. The van der Waals surface area contributed by atoms with E-state index in [1.54, 1.807) is 13.8 Å². The first-order valence-corrected chi connectivity index (χ1v) is 6.31. The molecule has 3 nitrogen and oxygen atoms in total. The molecular formula is C13H25NO2. The number of aliphatic hydroxyl groups excluding tert-OH is 2. The summed E-state index contributed by atoms with van der Waals surface area (Å²) in [6.45, 7) is 5.90. The standard InChI is InChI=1S/C13H25NO2/c1-11(15)8-14(9-12(2)16)10-13-6-4-3-5-7-13/h3-4,11-13,15-16H,5-10H2,1-2H3/t11-,12-,13-/m0/s1. The molecule has 0 unspecified atom stereocenters. The van der Waals surface area contributed by atoms with Crippen LogP contribution in [0.1, 0.15) is 33.1 Å². The molecular weight excluding hydrogens is 202 g/mol. The van der Waals surface area contributed by atoms with Gasteiger partial charge in [-0.05, 0) is 39.0 Å². The van der Waals surface area contributed by atoms with Crippen LogP contribution >= 0.6 is 0 Å². The van der Waals surface area contributed by atoms with Crippen molar-refractivity contribution in [2.45, 2.75) is 45.3 Å². The van der Waals surface area contributed by atoms with E-state index in [-0.39, 0.29) is 12.2 Å². The maximum atomic E-state index is 9.43. The first kappa shape index (κ1) is 13.7. The molecule has 0 amide bonds. The molecule has 1 rings (SSSR count). The summed E-state index contributed by atoms with van der Waals surface area (Å²) >= 11 is 0. The summed E-state index contributed by atoms with van der Waals surface area (Å²) < 4.78 is 0. The summed E-state index contributed by atoms with van der Waals surface area (Å²) in [5.74, 6) is 0.683. The fourth-order valence-electron chi connectivity index (χ4n) is 2.36. The number of hydrogen-bond acceptors (Lipinski definition) is 3. The van der Waals surface area contributed by atoms with Gasteiger partial charge in [-0.15, -0.1) is 0 Å². The topological polar surface area (TPSA) is 43.7 Å². The average molecular weight is 227 g/mol. The minimum absolute atomic E-state index is 0.321. The molecule has 0 bridgehead atoms. The van der Waals surface area contributed by atoms with Gasteiger partial charge in [0.05, 0.1) is 12.2 Å². The highest BCUT2D eigenvalue weighted by Crippen LogP contribution is 2.19. The maximum Gasteiger partial charge on any atom is 0.0639 e. The summed E-state index contributed by atoms with van der Waals surface area (Å²) in [5.41, 5.74) is 0. The first-order chi connectivity index (χ1) is 7.58. The third-order valence-electron chi connectivity index (χ3n) is 2.94. The summed E-state index contributed by atoms with van der Waals surface area (Å²) in [6.07, 6.45) is 7.38. The molecule has 0 aliphatic heterocycles. The van der Waals surface area contributed by atoms with Crippen molar-refractivity contribution in [3.05, 3.63) is 12.2 Å². The number of nitrogens with zero attached hydrogens (tertiary/aromatic N) is 1. The van der Waals surface area contributed by atoms with E-state index in [2.05, 4.69) is 17.1 Å². The van der Waals surface area contributed by atoms with Gasteiger partial charge < -0.3 is 10.2 Å². The minimum Gasteiger partial charge on any atom is -0.392 e. The fourth-order valence-corrected chi connectivity index (χ4v) is 2.36. The Labute approximate surface area is 98.8 Å². The number of rotatable bonds is 6. The third-order valence-corrected chi connectivity index (χ3v) is 2.94. The lowest BCUT2D eigenvalue weighted by molar-refractivity contribution is 0.0728. The van der Waals surface area contributed by atoms with Crippen LogP contribution in [0.5, 0.6) is 0 Å². The van der Waals surface area contributed by atoms with E-state index in [1.165, 1.54) is 12.8 Å². The van der Waals surface area contributed by atoms with Crippen molar-refractivity contribution in [3.63, 3.8) is 0 Å². The summed E-state index contributed by atoms with van der Waals surface area (Å²) in [6, 6.07) is 0. The van der Waals surface area contributed by atoms with Crippen LogP contribution in [-0.2, 0) is 0 Å². The van der Waals surface area contributed by atoms with Gasteiger partial charge in [0.25, 0.3) is 0 Å². The quantitative estimate of drug-likeness (QED) is 0.674. The molecule has 0 aromatic heterocycles. The van der Waals surface area contributed by atoms with E-state index in [1.807, 2.05) is 0 Å². The van der Waals surface area contributed by atoms with Crippen LogP contribution in [0.25, 0.3) is 0 Å². The normalized spacial score (nSPS) is 24.7. The van der Waals surface area contributed by atoms with Gasteiger partial charge in [-0.3, -0.25) is 4.90 Å². The Hall–Kier alpha value is -0.380. The van der Waals surface area contributed by atoms with Crippen LogP contribution < -0.4 is 0 Å². The Balaban J connectivity index is 2.38. The van der Waals surface area contributed by atoms with Crippen molar-refractivity contribution in [3.8, 4) is 0 Å². The molecule has 1 aliphatic rings. The molecule has 0 saturated heterocycles. The van der Waals surface area contributed by atoms with Crippen molar-refractivity contribution < 1.29 is 10.2 Å². The van der Waals surface area contributed by atoms with Crippen LogP contribution in [0, 0.1) is 5.92 Å². The van der Waals surface area contributed by atoms with E-state index in [0.29, 0.717) is 19.0 Å². The molecule has 0 spiro atoms. The van der Waals surface area contributed by atoms with E-state index in [0.717, 1.165) is 13.0 Å². The van der Waals surface area contributed by atoms with Gasteiger partial charge in [0.15, 0.2) is 0 Å². The number of aliphatic hydroxyl groups is 2. The number of allylic oxidation sites excluding steroid dienone is 2. The predicted molar refractivity (Wildman–Crippen MR) is 66.3 cm³/mol. The maximum absolute atomic E-state index is 9.43. The van der Waals surface area contributed by atoms with Gasteiger partial charge in [0, 0.05) is 19.6 Å². The second-order valence-electron chi connectivity index (χ2n) is 5.07. The van der Waals surface area contributed by atoms with Gasteiger partial charge in [-0.1, -0.05) is 12.2 Å². The molecule has 0 saturated carbocycles. The SMILES string of the molecule is C[C@H](O)CN(C[C@H]1CC=CCC1)C[C@H](C)O. The lowest BCUT2D eigenvalue weighted by Crippen LogP contribution is -2.39. The Morgan fingerprint density at radius 1 is 1.19 bits per heavy atom. The molecule has 0 aromatic rings. The lowest BCUT2D eigenvalue weighted by atomic mass is 9.94. The second-order valence-corrected chi connectivity index (χ2v) is 5.07. The monoisotopic (exact) mass is 227 g/mol. The summed E-state index contributed by atoms with van der Waals surface area (Å²) in [7, 11) is 0. The van der Waals surface area contributed by atoms with Crippen LogP contribution in [0.15, 0.2) is 12.2 Å². The highest BCUT2D eigenvalue weighted by atomic mass is 16.3. The van der Waals surface area contributed by atoms with E-state index in [9.17, 15) is 10.2 Å². The molecule has 0 radical (unpaired) electrons. The lowest BCUT2D eigenvalue weighted by Gasteiger charge is -2.29. The molecule has 16 heavy (non-hydrogen) atoms. The van der Waals surface area contributed by atoms with Crippen molar-refractivity contribution in [2.75, 3.05) is 19.6 Å². The zero-order chi connectivity index (χ0) is 12.0. The fraction of sp³-hybridized carbons (Fsp3) is 0.846. The summed E-state index contributed by atoms with van der Waals surface area (Å²) in [5, 5.41) is 18.9. The van der Waals surface area contributed by atoms with Gasteiger partial charge in [0.1, 0.15) is 0 Å².